The van der Waals surface area contributed by atoms with Crippen LogP contribution in [-0.4, -0.2) is 36.0 Å². The Balaban J connectivity index is 2.15. The minimum absolute atomic E-state index is 0.266. The van der Waals surface area contributed by atoms with E-state index in [0.29, 0.717) is 5.78 Å². The second-order valence-corrected chi connectivity index (χ2v) is 7.43. The molecule has 30 heavy (non-hydrogen) atoms. The van der Waals surface area contributed by atoms with Crippen molar-refractivity contribution < 1.29 is 9.53 Å². The number of aromatic nitrogens is 5. The van der Waals surface area contributed by atoms with Crippen LogP contribution in [0.5, 0.6) is 5.75 Å². The van der Waals surface area contributed by atoms with E-state index in [1.54, 1.807) is 25.5 Å². The normalized spacial score (nSPS) is 12.6. The molecule has 0 radical (unpaired) electrons. The third kappa shape index (κ3) is 2.54. The molecule has 3 heterocycles. The number of ether oxygens (including phenoxy) is 1. The number of imidazole rings is 2. The van der Waals surface area contributed by atoms with Gasteiger partial charge in [-0.15, -0.1) is 0 Å². The average molecular weight is 409 g/mol. The average Bonchev–Trinajstić information content (AvgIpc) is 3.22. The van der Waals surface area contributed by atoms with Crippen LogP contribution >= 0.6 is 0 Å². The van der Waals surface area contributed by atoms with Gasteiger partial charge in [0.05, 0.1) is 13.2 Å². The number of ketones is 1. The molecular weight excluding hydrogens is 386 g/mol. The van der Waals surface area contributed by atoms with Crippen molar-refractivity contribution in [3.05, 3.63) is 56.5 Å². The van der Waals surface area contributed by atoms with Crippen LogP contribution in [0.3, 0.4) is 0 Å². The molecule has 0 aliphatic carbocycles. The molecule has 4 aromatic rings. The van der Waals surface area contributed by atoms with Crippen LogP contribution in [0, 0.1) is 13.8 Å². The largest absolute Gasteiger partial charge is 0.497 e. The summed E-state index contributed by atoms with van der Waals surface area (Å²) >= 11 is 0. The first-order valence-electron chi connectivity index (χ1n) is 9.55. The molecule has 0 saturated carbocycles. The maximum Gasteiger partial charge on any atom is 0.333 e. The second kappa shape index (κ2) is 6.72. The lowest BCUT2D eigenvalue weighted by molar-refractivity contribution is -0.119. The summed E-state index contributed by atoms with van der Waals surface area (Å²) in [5.74, 6) is 0.983. The van der Waals surface area contributed by atoms with E-state index in [9.17, 15) is 14.4 Å². The van der Waals surface area contributed by atoms with Crippen molar-refractivity contribution in [1.29, 1.82) is 0 Å². The summed E-state index contributed by atoms with van der Waals surface area (Å²) in [7, 11) is 3.16. The van der Waals surface area contributed by atoms with Gasteiger partial charge in [-0.25, -0.2) is 9.36 Å². The predicted octanol–water partition coefficient (Wildman–Crippen LogP) is 1.91. The van der Waals surface area contributed by atoms with Gasteiger partial charge in [0.2, 0.25) is 5.78 Å². The van der Waals surface area contributed by atoms with Crippen molar-refractivity contribution in [2.75, 3.05) is 7.11 Å². The molecule has 156 valence electrons. The molecule has 4 rings (SSSR count). The van der Waals surface area contributed by atoms with Crippen LogP contribution in [0.2, 0.25) is 0 Å². The third-order valence-electron chi connectivity index (χ3n) is 5.77. The Morgan fingerprint density at radius 2 is 1.73 bits per heavy atom. The predicted molar refractivity (Wildman–Crippen MR) is 113 cm³/mol. The van der Waals surface area contributed by atoms with E-state index in [0.717, 1.165) is 27.4 Å². The van der Waals surface area contributed by atoms with Crippen LogP contribution < -0.4 is 16.0 Å². The summed E-state index contributed by atoms with van der Waals surface area (Å²) in [5.41, 5.74) is 2.03. The maximum absolute atomic E-state index is 13.3. The van der Waals surface area contributed by atoms with Crippen molar-refractivity contribution in [2.24, 2.45) is 7.05 Å². The molecule has 3 aromatic heterocycles. The fraction of sp³-hybridized carbons (Fsp3) is 0.333. The number of aryl methyl sites for hydroxylation is 2. The van der Waals surface area contributed by atoms with Crippen LogP contribution in [0.25, 0.3) is 22.6 Å². The van der Waals surface area contributed by atoms with E-state index in [-0.39, 0.29) is 16.9 Å². The lowest BCUT2D eigenvalue weighted by Crippen LogP contribution is -2.42. The summed E-state index contributed by atoms with van der Waals surface area (Å²) in [6, 6.07) is 6.64. The summed E-state index contributed by atoms with van der Waals surface area (Å²) < 4.78 is 11.2. The highest BCUT2D eigenvalue weighted by molar-refractivity contribution is 5.81. The number of fused-ring (bicyclic) bond motifs is 3. The summed E-state index contributed by atoms with van der Waals surface area (Å²) in [5, 5.41) is 0. The first-order chi connectivity index (χ1) is 14.2. The molecule has 0 amide bonds. The van der Waals surface area contributed by atoms with Crippen molar-refractivity contribution in [1.82, 2.24) is 23.1 Å². The number of hydrogen-bond acceptors (Lipinski definition) is 5. The van der Waals surface area contributed by atoms with Crippen molar-refractivity contribution >= 4 is 22.7 Å². The first-order valence-corrected chi connectivity index (χ1v) is 9.55. The number of benzene rings is 1. The standard InChI is InChI=1S/C21H23N5O4/c1-11-12(2)25-17-18(23(5)21(29)26(19(17)28)13(3)14(4)27)22-20(25)24(11)15-7-9-16(30-6)10-8-15/h7-10,13H,1-6H3/t13-/m0/s1. The van der Waals surface area contributed by atoms with Crippen LogP contribution in [0.15, 0.2) is 33.9 Å². The maximum atomic E-state index is 13.3. The summed E-state index contributed by atoms with van der Waals surface area (Å²) in [4.78, 5) is 42.7. The SMILES string of the molecule is COc1ccc(-n2c(C)c(C)n3c4c(=O)n([C@@H](C)C(C)=O)c(=O)n(C)c4nc23)cc1. The van der Waals surface area contributed by atoms with E-state index in [4.69, 9.17) is 4.74 Å². The second-order valence-electron chi connectivity index (χ2n) is 7.43. The number of methoxy groups -OCH3 is 1. The smallest absolute Gasteiger partial charge is 0.333 e. The van der Waals surface area contributed by atoms with Gasteiger partial charge in [-0.2, -0.15) is 4.98 Å². The summed E-state index contributed by atoms with van der Waals surface area (Å²) in [6.07, 6.45) is 0. The van der Waals surface area contributed by atoms with Gasteiger partial charge in [0.25, 0.3) is 5.56 Å². The fourth-order valence-electron chi connectivity index (χ4n) is 3.78. The first kappa shape index (κ1) is 19.7. The monoisotopic (exact) mass is 409 g/mol. The number of carbonyl (C=O) groups is 1. The topological polar surface area (TPSA) is 92.5 Å². The Bertz CT molecular complexity index is 1430. The molecule has 0 spiro atoms. The molecule has 9 heteroatoms. The Hall–Kier alpha value is -3.62. The number of nitrogens with zero attached hydrogens (tertiary/aromatic N) is 5. The van der Waals surface area contributed by atoms with E-state index in [2.05, 4.69) is 4.98 Å². The van der Waals surface area contributed by atoms with Crippen LogP contribution in [-0.2, 0) is 11.8 Å². The van der Waals surface area contributed by atoms with E-state index in [1.165, 1.54) is 11.5 Å². The lowest BCUT2D eigenvalue weighted by atomic mass is 10.2. The minimum atomic E-state index is -0.865. The molecule has 9 nitrogen and oxygen atoms in total. The Morgan fingerprint density at radius 1 is 1.10 bits per heavy atom. The molecule has 0 aliphatic rings. The molecule has 0 N–H and O–H groups in total. The minimum Gasteiger partial charge on any atom is -0.497 e. The number of hydrogen-bond donors (Lipinski definition) is 0. The molecule has 0 fully saturated rings. The molecule has 0 aliphatic heterocycles. The van der Waals surface area contributed by atoms with Gasteiger partial charge in [0.1, 0.15) is 5.75 Å². The van der Waals surface area contributed by atoms with E-state index >= 15 is 0 Å². The van der Waals surface area contributed by atoms with Gasteiger partial charge >= 0.3 is 5.69 Å². The van der Waals surface area contributed by atoms with Gasteiger partial charge in [0.15, 0.2) is 16.9 Å². The molecular formula is C21H23N5O4. The zero-order valence-electron chi connectivity index (χ0n) is 17.8. The number of rotatable bonds is 4. The zero-order valence-corrected chi connectivity index (χ0v) is 17.8. The summed E-state index contributed by atoms with van der Waals surface area (Å²) in [6.45, 7) is 6.75. The van der Waals surface area contributed by atoms with Crippen molar-refractivity contribution in [3.8, 4) is 11.4 Å². The van der Waals surface area contributed by atoms with E-state index < -0.39 is 17.3 Å². The van der Waals surface area contributed by atoms with Gasteiger partial charge in [-0.05, 0) is 52.0 Å². The molecule has 1 aromatic carbocycles. The fourth-order valence-corrected chi connectivity index (χ4v) is 3.78. The molecule has 0 saturated heterocycles. The van der Waals surface area contributed by atoms with Gasteiger partial charge in [-0.3, -0.25) is 23.1 Å². The third-order valence-corrected chi connectivity index (χ3v) is 5.77. The highest BCUT2D eigenvalue weighted by Crippen LogP contribution is 2.25. The Kier molecular flexibility index (Phi) is 4.41. The zero-order chi connectivity index (χ0) is 21.9. The van der Waals surface area contributed by atoms with E-state index in [1.807, 2.05) is 42.7 Å². The Morgan fingerprint density at radius 3 is 2.30 bits per heavy atom. The molecule has 0 unspecified atom stereocenters. The van der Waals surface area contributed by atoms with Crippen LogP contribution in [0.1, 0.15) is 31.3 Å². The molecule has 0 bridgehead atoms. The number of Topliss-reactive ketones (excluding diaryl/α,β-unsaturated/α-hetero) is 1. The van der Waals surface area contributed by atoms with Crippen molar-refractivity contribution in [2.45, 2.75) is 33.7 Å². The molecule has 1 atom stereocenters. The van der Waals surface area contributed by atoms with Crippen LogP contribution in [0.4, 0.5) is 0 Å². The van der Waals surface area contributed by atoms with Crippen molar-refractivity contribution in [3.63, 3.8) is 0 Å². The quantitative estimate of drug-likeness (QED) is 0.513. The Labute approximate surface area is 171 Å². The highest BCUT2D eigenvalue weighted by Gasteiger charge is 2.25. The van der Waals surface area contributed by atoms with Gasteiger partial charge in [0, 0.05) is 24.1 Å². The highest BCUT2D eigenvalue weighted by atomic mass is 16.5. The lowest BCUT2D eigenvalue weighted by Gasteiger charge is -2.12. The number of carbonyl (C=O) groups excluding carboxylic acids is 1. The van der Waals surface area contributed by atoms with Gasteiger partial charge < -0.3 is 4.74 Å². The van der Waals surface area contributed by atoms with Gasteiger partial charge in [-0.1, -0.05) is 0 Å².